The third-order valence-corrected chi connectivity index (χ3v) is 22.5. The maximum atomic E-state index is 13.6. The van der Waals surface area contributed by atoms with Gasteiger partial charge in [-0.05, 0) is 174 Å². The van der Waals surface area contributed by atoms with Crippen molar-refractivity contribution in [3.05, 3.63) is 53.3 Å². The molecule has 348 valence electrons. The van der Waals surface area contributed by atoms with Gasteiger partial charge in [-0.3, -0.25) is 9.00 Å². The molecule has 1 heterocycles. The van der Waals surface area contributed by atoms with Gasteiger partial charge in [0.15, 0.2) is 0 Å². The number of esters is 2. The number of fused-ring (bicyclic) bond motifs is 7. The average Bonchev–Trinajstić information content (AvgIpc) is 3.66. The summed E-state index contributed by atoms with van der Waals surface area (Å²) in [5.74, 6) is 7.90. The van der Waals surface area contributed by atoms with E-state index in [1.54, 1.807) is 0 Å². The highest BCUT2D eigenvalue weighted by Gasteiger charge is 2.72. The van der Waals surface area contributed by atoms with Gasteiger partial charge < -0.3 is 19.7 Å². The van der Waals surface area contributed by atoms with Crippen molar-refractivity contribution in [1.29, 1.82) is 0 Å². The molecule has 0 spiro atoms. The number of hydrogen-bond donors (Lipinski definition) is 2. The number of carbonyl (C=O) groups is 2. The molecule has 11 atom stereocenters. The molecule has 0 bridgehead atoms. The number of carbonyl (C=O) groups excluding carboxylic acids is 2. The van der Waals surface area contributed by atoms with Crippen LogP contribution in [-0.4, -0.2) is 83.7 Å². The maximum Gasteiger partial charge on any atom is 0.334 e. The van der Waals surface area contributed by atoms with Crippen LogP contribution in [0.3, 0.4) is 0 Å². The molecule has 1 saturated heterocycles. The normalized spacial score (nSPS) is 42.0. The Balaban J connectivity index is 1.01. The van der Waals surface area contributed by atoms with Crippen molar-refractivity contribution in [3.8, 4) is 12.3 Å². The van der Waals surface area contributed by atoms with E-state index in [-0.39, 0.29) is 45.7 Å². The molecule has 1 aliphatic heterocycles. The van der Waals surface area contributed by atoms with E-state index >= 15 is 0 Å². The lowest BCUT2D eigenvalue weighted by Gasteiger charge is -2.72. The van der Waals surface area contributed by atoms with Crippen molar-refractivity contribution in [3.63, 3.8) is 0 Å². The third-order valence-electron chi connectivity index (χ3n) is 20.2. The Kier molecular flexibility index (Phi) is 13.0. The lowest BCUT2D eigenvalue weighted by atomic mass is 9.32. The first-order valence-corrected chi connectivity index (χ1v) is 27.7. The first-order chi connectivity index (χ1) is 29.9. The topological polar surface area (TPSA) is 84.9 Å². The quantitative estimate of drug-likeness (QED) is 0.0703. The van der Waals surface area contributed by atoms with Crippen molar-refractivity contribution in [2.45, 2.75) is 143 Å². The molecule has 5 saturated carbocycles. The van der Waals surface area contributed by atoms with Gasteiger partial charge in [0.05, 0.1) is 6.61 Å². The van der Waals surface area contributed by atoms with Gasteiger partial charge >= 0.3 is 11.9 Å². The van der Waals surface area contributed by atoms with Crippen molar-refractivity contribution in [2.24, 2.45) is 62.6 Å². The van der Waals surface area contributed by atoms with Crippen LogP contribution in [0.4, 0.5) is 0 Å². The number of nitrogens with zero attached hydrogens (tertiary/aromatic N) is 1. The van der Waals surface area contributed by atoms with Crippen molar-refractivity contribution < 1.29 is 23.3 Å². The van der Waals surface area contributed by atoms with Crippen LogP contribution in [0.25, 0.3) is 0 Å². The van der Waals surface area contributed by atoms with E-state index in [1.807, 2.05) is 25.3 Å². The second-order valence-corrected chi connectivity index (χ2v) is 26.7. The number of thiol groups is 1. The van der Waals surface area contributed by atoms with Crippen LogP contribution < -0.4 is 5.32 Å². The van der Waals surface area contributed by atoms with E-state index in [0.29, 0.717) is 66.9 Å². The number of hydrogen-bond acceptors (Lipinski definition) is 7. The Hall–Kier alpha value is -2.69. The molecule has 6 fully saturated rings. The van der Waals surface area contributed by atoms with E-state index < -0.39 is 15.3 Å². The van der Waals surface area contributed by atoms with E-state index in [9.17, 15) is 13.8 Å². The Labute approximate surface area is 382 Å². The fourth-order valence-corrected chi connectivity index (χ4v) is 18.4. The van der Waals surface area contributed by atoms with Crippen LogP contribution in [0, 0.1) is 74.9 Å². The first-order valence-electron chi connectivity index (χ1n) is 25.2. The second kappa shape index (κ2) is 17.5. The molecule has 0 amide bonds. The highest BCUT2D eigenvalue weighted by Crippen LogP contribution is 2.77. The molecule has 1 N–H and O–H groups in total. The highest BCUT2D eigenvalue weighted by molar-refractivity contribution is 8.02. The second-order valence-electron chi connectivity index (χ2n) is 23.2. The van der Waals surface area contributed by atoms with Gasteiger partial charge in [-0.2, -0.15) is 0 Å². The molecule has 0 aromatic heterocycles. The van der Waals surface area contributed by atoms with E-state index in [2.05, 4.69) is 75.2 Å². The molecular formula is C55H82N2O5S. The van der Waals surface area contributed by atoms with Gasteiger partial charge in [-0.1, -0.05) is 70.1 Å². The van der Waals surface area contributed by atoms with E-state index in [1.165, 1.54) is 56.1 Å². The van der Waals surface area contributed by atoms with Crippen molar-refractivity contribution in [1.82, 2.24) is 10.2 Å². The van der Waals surface area contributed by atoms with Gasteiger partial charge in [0.25, 0.3) is 0 Å². The first kappa shape index (κ1) is 46.8. The lowest BCUT2D eigenvalue weighted by molar-refractivity contribution is -0.222. The van der Waals surface area contributed by atoms with Crippen LogP contribution in [0.1, 0.15) is 138 Å². The summed E-state index contributed by atoms with van der Waals surface area (Å²) in [6.45, 7) is 23.0. The lowest BCUT2D eigenvalue weighted by Crippen LogP contribution is -2.69. The monoisotopic (exact) mass is 883 g/mol. The zero-order valence-electron chi connectivity index (χ0n) is 40.3. The minimum absolute atomic E-state index is 0.0628. The summed E-state index contributed by atoms with van der Waals surface area (Å²) >= 11 is 0. The van der Waals surface area contributed by atoms with Crippen LogP contribution in [0.2, 0.25) is 0 Å². The molecule has 0 radical (unpaired) electrons. The van der Waals surface area contributed by atoms with Gasteiger partial charge in [-0.15, -0.1) is 22.1 Å². The summed E-state index contributed by atoms with van der Waals surface area (Å²) in [6, 6.07) is 0. The standard InChI is InChI=1S/C55H82N2O5S/c1-10-39(4)42-22-29-55(56-32-33-57-34-36-63(9,60)37-35-57)31-30-54(11-2)44(47(42)55)18-19-46-51(7)25-23-43(50(5,6)45(51)24-26-52(46,54)8)40-20-27-53(28-21-40,49(59)61-12-3)38-62-48(58)41-16-14-13-15-17-41/h2,13-14,16,20,42-47,56,63H,1,12,15,17-19,21-38H2,3-9H3/t42-,43?,44+,45?,46?,47?,51-,52+,53?,54+,55-/m0/s1. The molecule has 8 rings (SSSR count). The molecule has 5 unspecified atom stereocenters. The molecular weight excluding hydrogens is 801 g/mol. The summed E-state index contributed by atoms with van der Waals surface area (Å²) in [7, 11) is -1.95. The number of terminal acetylenes is 1. The fourth-order valence-electron chi connectivity index (χ4n) is 16.7. The fraction of sp³-hybridized carbons (Fsp3) is 0.764. The van der Waals surface area contributed by atoms with Gasteiger partial charge in [0, 0.05) is 54.2 Å². The summed E-state index contributed by atoms with van der Waals surface area (Å²) in [5, 5.41) is 4.28. The Morgan fingerprint density at radius 2 is 1.75 bits per heavy atom. The van der Waals surface area contributed by atoms with E-state index in [0.717, 1.165) is 69.8 Å². The predicted octanol–water partition coefficient (Wildman–Crippen LogP) is 9.81. The van der Waals surface area contributed by atoms with Crippen LogP contribution >= 0.6 is 0 Å². The third kappa shape index (κ3) is 7.87. The van der Waals surface area contributed by atoms with Crippen LogP contribution in [0.15, 0.2) is 53.3 Å². The molecule has 7 nitrogen and oxygen atoms in total. The minimum Gasteiger partial charge on any atom is -0.465 e. The van der Waals surface area contributed by atoms with Crippen LogP contribution in [0.5, 0.6) is 0 Å². The van der Waals surface area contributed by atoms with Crippen molar-refractivity contribution >= 4 is 21.9 Å². The van der Waals surface area contributed by atoms with Gasteiger partial charge in [0.2, 0.25) is 0 Å². The molecule has 63 heavy (non-hydrogen) atoms. The smallest absolute Gasteiger partial charge is 0.334 e. The Morgan fingerprint density at radius 3 is 2.41 bits per heavy atom. The summed E-state index contributed by atoms with van der Waals surface area (Å²) < 4.78 is 24.3. The maximum absolute atomic E-state index is 13.6. The molecule has 8 aliphatic rings. The van der Waals surface area contributed by atoms with Gasteiger partial charge in [0.1, 0.15) is 12.0 Å². The zero-order valence-corrected chi connectivity index (χ0v) is 41.2. The summed E-state index contributed by atoms with van der Waals surface area (Å²) in [6.07, 6.45) is 32.5. The van der Waals surface area contributed by atoms with E-state index in [4.69, 9.17) is 15.9 Å². The highest BCUT2D eigenvalue weighted by atomic mass is 32.2. The summed E-state index contributed by atoms with van der Waals surface area (Å²) in [4.78, 5) is 29.2. The molecule has 0 aromatic carbocycles. The minimum atomic E-state index is -1.95. The average molecular weight is 883 g/mol. The molecule has 8 heteroatoms. The largest absolute Gasteiger partial charge is 0.465 e. The summed E-state index contributed by atoms with van der Waals surface area (Å²) in [5.41, 5.74) is 6.32. The number of allylic oxidation sites excluding steroid dienone is 6. The number of rotatable bonds is 11. The Morgan fingerprint density at radius 1 is 0.968 bits per heavy atom. The van der Waals surface area contributed by atoms with Crippen molar-refractivity contribution in [2.75, 3.05) is 57.2 Å². The molecule has 0 aromatic rings. The molecule has 7 aliphatic carbocycles. The van der Waals surface area contributed by atoms with Gasteiger partial charge in [-0.25, -0.2) is 4.79 Å². The zero-order chi connectivity index (χ0) is 45.1. The number of ether oxygens (including phenoxy) is 2. The SMILES string of the molecule is C#C[C@@]12CC[C@@]3(NCCN4CC[SH](C)(=O)CC4)CC[C@@H](C(C)=C=C)C3[C@H]1CCC1[C@@]3(C)CCC(C4=CCC(COC(=O)C5=CC=CCC5)(C(=O)OCC)CC4)C(C)(C)C3CC[C@]12C. The van der Waals surface area contributed by atoms with Crippen LogP contribution in [-0.2, 0) is 29.0 Å². The Bertz CT molecular complexity index is 2030. The number of nitrogens with one attached hydrogen (secondary N) is 1. The predicted molar refractivity (Wildman–Crippen MR) is 257 cm³/mol.